The molecule has 0 radical (unpaired) electrons. The molecule has 0 saturated heterocycles. The minimum atomic E-state index is -0.426. The van der Waals surface area contributed by atoms with Crippen molar-refractivity contribution < 1.29 is 14.3 Å². The van der Waals surface area contributed by atoms with Crippen LogP contribution in [0, 0.1) is 0 Å². The van der Waals surface area contributed by atoms with Crippen molar-refractivity contribution in [1.82, 2.24) is 5.43 Å². The number of benzene rings is 3. The highest BCUT2D eigenvalue weighted by Crippen LogP contribution is 2.34. The minimum Gasteiger partial charge on any atom is -0.423 e. The Kier molecular flexibility index (Phi) is 5.88. The molecule has 0 atom stereocenters. The summed E-state index contributed by atoms with van der Waals surface area (Å²) < 4.78 is 6.27. The lowest BCUT2D eigenvalue weighted by molar-refractivity contribution is 0.0734. The van der Waals surface area contributed by atoms with E-state index in [9.17, 15) is 9.59 Å². The average Bonchev–Trinajstić information content (AvgIpc) is 3.12. The fourth-order valence-corrected chi connectivity index (χ4v) is 4.15. The molecule has 0 spiro atoms. The first kappa shape index (κ1) is 19.8. The van der Waals surface area contributed by atoms with E-state index in [-0.39, 0.29) is 5.91 Å². The SMILES string of the molecule is O=C(Oc1ccc(/C=N/NC(=O)c2sc3ccccc3c2Cl)cc1)c1ccccc1. The van der Waals surface area contributed by atoms with Crippen LogP contribution in [0.4, 0.5) is 0 Å². The monoisotopic (exact) mass is 434 g/mol. The summed E-state index contributed by atoms with van der Waals surface area (Å²) in [7, 11) is 0. The third kappa shape index (κ3) is 4.40. The van der Waals surface area contributed by atoms with E-state index in [4.69, 9.17) is 16.3 Å². The molecule has 1 N–H and O–H groups in total. The van der Waals surface area contributed by atoms with E-state index in [1.807, 2.05) is 30.3 Å². The first-order chi connectivity index (χ1) is 14.6. The summed E-state index contributed by atoms with van der Waals surface area (Å²) >= 11 is 7.63. The average molecular weight is 435 g/mol. The molecule has 0 bridgehead atoms. The van der Waals surface area contributed by atoms with Crippen LogP contribution in [0.25, 0.3) is 10.1 Å². The van der Waals surface area contributed by atoms with Gasteiger partial charge in [0, 0.05) is 10.1 Å². The molecule has 30 heavy (non-hydrogen) atoms. The number of nitrogens with one attached hydrogen (secondary N) is 1. The molecule has 0 fully saturated rings. The molecule has 4 rings (SSSR count). The van der Waals surface area contributed by atoms with Gasteiger partial charge < -0.3 is 4.74 Å². The number of carbonyl (C=O) groups excluding carboxylic acids is 2. The van der Waals surface area contributed by atoms with E-state index in [2.05, 4.69) is 10.5 Å². The number of fused-ring (bicyclic) bond motifs is 1. The van der Waals surface area contributed by atoms with E-state index in [0.717, 1.165) is 15.6 Å². The van der Waals surface area contributed by atoms with Crippen molar-refractivity contribution in [2.75, 3.05) is 0 Å². The van der Waals surface area contributed by atoms with E-state index in [0.29, 0.717) is 21.2 Å². The zero-order valence-corrected chi connectivity index (χ0v) is 17.1. The molecule has 7 heteroatoms. The molecular formula is C23H15ClN2O3S. The molecule has 1 amide bonds. The van der Waals surface area contributed by atoms with Gasteiger partial charge in [0.15, 0.2) is 0 Å². The van der Waals surface area contributed by atoms with Crippen LogP contribution in [-0.2, 0) is 0 Å². The second kappa shape index (κ2) is 8.90. The summed E-state index contributed by atoms with van der Waals surface area (Å²) in [6, 6.07) is 23.1. The quantitative estimate of drug-likeness (QED) is 0.194. The number of hydrogen-bond acceptors (Lipinski definition) is 5. The maximum atomic E-state index is 12.4. The van der Waals surface area contributed by atoms with Gasteiger partial charge in [-0.25, -0.2) is 10.2 Å². The van der Waals surface area contributed by atoms with Gasteiger partial charge in [-0.2, -0.15) is 5.10 Å². The van der Waals surface area contributed by atoms with E-state index in [1.54, 1.807) is 48.5 Å². The summed E-state index contributed by atoms with van der Waals surface area (Å²) in [5.41, 5.74) is 3.70. The van der Waals surface area contributed by atoms with Crippen LogP contribution in [-0.4, -0.2) is 18.1 Å². The number of ether oxygens (including phenoxy) is 1. The summed E-state index contributed by atoms with van der Waals surface area (Å²) in [6.07, 6.45) is 1.50. The highest BCUT2D eigenvalue weighted by atomic mass is 35.5. The third-order valence-corrected chi connectivity index (χ3v) is 5.90. The van der Waals surface area contributed by atoms with Crippen LogP contribution in [0.5, 0.6) is 5.75 Å². The van der Waals surface area contributed by atoms with Crippen LogP contribution in [0.3, 0.4) is 0 Å². The fraction of sp³-hybridized carbons (Fsp3) is 0. The van der Waals surface area contributed by atoms with Crippen molar-refractivity contribution in [1.29, 1.82) is 0 Å². The van der Waals surface area contributed by atoms with Gasteiger partial charge in [-0.1, -0.05) is 48.0 Å². The van der Waals surface area contributed by atoms with Crippen molar-refractivity contribution in [3.63, 3.8) is 0 Å². The Labute approximate surface area is 181 Å². The summed E-state index contributed by atoms with van der Waals surface area (Å²) in [6.45, 7) is 0. The van der Waals surface area contributed by atoms with Gasteiger partial charge in [-0.15, -0.1) is 11.3 Å². The van der Waals surface area contributed by atoms with Gasteiger partial charge in [0.1, 0.15) is 10.6 Å². The van der Waals surface area contributed by atoms with Gasteiger partial charge >= 0.3 is 5.97 Å². The van der Waals surface area contributed by atoms with Gasteiger partial charge in [0.2, 0.25) is 0 Å². The Morgan fingerprint density at radius 1 is 0.933 bits per heavy atom. The smallest absolute Gasteiger partial charge is 0.343 e. The maximum absolute atomic E-state index is 12.4. The molecule has 1 aromatic heterocycles. The molecule has 0 unspecified atom stereocenters. The van der Waals surface area contributed by atoms with Gasteiger partial charge in [-0.3, -0.25) is 4.79 Å². The highest BCUT2D eigenvalue weighted by Gasteiger charge is 2.16. The van der Waals surface area contributed by atoms with Crippen LogP contribution in [0.15, 0.2) is 84.0 Å². The molecule has 0 aliphatic rings. The number of carbonyl (C=O) groups is 2. The van der Waals surface area contributed by atoms with Crippen LogP contribution in [0.2, 0.25) is 5.02 Å². The lowest BCUT2D eigenvalue weighted by atomic mass is 10.2. The van der Waals surface area contributed by atoms with Crippen molar-refractivity contribution in [3.8, 4) is 5.75 Å². The molecule has 5 nitrogen and oxygen atoms in total. The predicted octanol–water partition coefficient (Wildman–Crippen LogP) is 5.54. The Morgan fingerprint density at radius 3 is 2.37 bits per heavy atom. The lowest BCUT2D eigenvalue weighted by Crippen LogP contribution is -2.16. The predicted molar refractivity (Wildman–Crippen MR) is 120 cm³/mol. The Bertz CT molecular complexity index is 1230. The molecule has 0 saturated carbocycles. The zero-order valence-electron chi connectivity index (χ0n) is 15.5. The Balaban J connectivity index is 1.37. The standard InChI is InChI=1S/C23H15ClN2O3S/c24-20-18-8-4-5-9-19(18)30-21(20)22(27)26-25-14-15-10-12-17(13-11-15)29-23(28)16-6-2-1-3-7-16/h1-14H,(H,26,27)/b25-14+. The minimum absolute atomic E-state index is 0.370. The topological polar surface area (TPSA) is 67.8 Å². The largest absolute Gasteiger partial charge is 0.423 e. The van der Waals surface area contributed by atoms with Gasteiger partial charge in [0.25, 0.3) is 5.91 Å². The number of thiophene rings is 1. The molecule has 148 valence electrons. The Hall–Kier alpha value is -3.48. The van der Waals surface area contributed by atoms with Crippen molar-refractivity contribution in [3.05, 3.63) is 99.9 Å². The second-order valence-corrected chi connectivity index (χ2v) is 7.70. The molecule has 0 aliphatic heterocycles. The fourth-order valence-electron chi connectivity index (χ4n) is 2.74. The van der Waals surface area contributed by atoms with Crippen LogP contribution >= 0.6 is 22.9 Å². The summed E-state index contributed by atoms with van der Waals surface area (Å²) in [5, 5.41) is 5.25. The van der Waals surface area contributed by atoms with E-state index in [1.165, 1.54) is 17.6 Å². The highest BCUT2D eigenvalue weighted by molar-refractivity contribution is 7.21. The van der Waals surface area contributed by atoms with Crippen LogP contribution in [0.1, 0.15) is 25.6 Å². The number of amides is 1. The first-order valence-electron chi connectivity index (χ1n) is 8.99. The molecular weight excluding hydrogens is 420 g/mol. The zero-order chi connectivity index (χ0) is 20.9. The third-order valence-electron chi connectivity index (χ3n) is 4.22. The van der Waals surface area contributed by atoms with E-state index < -0.39 is 5.97 Å². The van der Waals surface area contributed by atoms with Gasteiger partial charge in [0.05, 0.1) is 16.8 Å². The molecule has 4 aromatic rings. The number of rotatable bonds is 5. The number of halogens is 1. The van der Waals surface area contributed by atoms with Gasteiger partial charge in [-0.05, 0) is 48.0 Å². The lowest BCUT2D eigenvalue weighted by Gasteiger charge is -2.04. The van der Waals surface area contributed by atoms with Crippen molar-refractivity contribution in [2.45, 2.75) is 0 Å². The maximum Gasteiger partial charge on any atom is 0.343 e. The normalized spacial score (nSPS) is 11.0. The summed E-state index contributed by atoms with van der Waals surface area (Å²) in [5.74, 6) is -0.377. The number of nitrogens with zero attached hydrogens (tertiary/aromatic N) is 1. The van der Waals surface area contributed by atoms with Crippen molar-refractivity contribution >= 4 is 51.1 Å². The van der Waals surface area contributed by atoms with E-state index >= 15 is 0 Å². The van der Waals surface area contributed by atoms with Crippen molar-refractivity contribution in [2.24, 2.45) is 5.10 Å². The molecule has 1 heterocycles. The molecule has 3 aromatic carbocycles. The number of hydrazone groups is 1. The second-order valence-electron chi connectivity index (χ2n) is 6.27. The molecule has 0 aliphatic carbocycles. The first-order valence-corrected chi connectivity index (χ1v) is 10.2. The number of esters is 1. The number of hydrogen-bond donors (Lipinski definition) is 1. The summed E-state index contributed by atoms with van der Waals surface area (Å²) in [4.78, 5) is 24.9. The van der Waals surface area contributed by atoms with Crippen LogP contribution < -0.4 is 10.2 Å². The Morgan fingerprint density at radius 2 is 1.63 bits per heavy atom.